The minimum Gasteiger partial charge on any atom is -0.458 e. The third-order valence-corrected chi connectivity index (χ3v) is 10.3. The molecule has 0 bridgehead atoms. The molecular weight excluding hydrogens is 524 g/mol. The Balaban J connectivity index is 1.32. The number of ether oxygens (including phenoxy) is 3. The quantitative estimate of drug-likeness (QED) is 0.161. The first-order chi connectivity index (χ1) is 20.8. The molecule has 9 heterocycles. The van der Waals surface area contributed by atoms with Crippen LogP contribution in [0.4, 0.5) is 11.4 Å². The maximum atomic E-state index is 6.86. The highest BCUT2D eigenvalue weighted by Gasteiger charge is 2.76. The van der Waals surface area contributed by atoms with Crippen molar-refractivity contribution in [1.82, 2.24) is 14.7 Å². The average Bonchev–Trinajstić information content (AvgIpc) is 3.56. The summed E-state index contributed by atoms with van der Waals surface area (Å²) >= 11 is 0. The molecule has 7 aliphatic rings. The zero-order valence-electron chi connectivity index (χ0n) is 21.7. The second-order valence-electron chi connectivity index (χ2n) is 11.9. The average molecular weight is 538 g/mol. The van der Waals surface area contributed by atoms with Crippen molar-refractivity contribution in [3.8, 4) is 57.0 Å². The molecule has 0 atom stereocenters. The summed E-state index contributed by atoms with van der Waals surface area (Å²) in [5.41, 5.74) is 13.3. The highest BCUT2D eigenvalue weighted by atomic mass is 16.5. The smallest absolute Gasteiger partial charge is 0.353 e. The Bertz CT molecular complexity index is 2280. The molecule has 0 saturated heterocycles. The largest absolute Gasteiger partial charge is 0.458 e. The number of rotatable bonds is 0. The monoisotopic (exact) mass is 538 g/mol. The van der Waals surface area contributed by atoms with E-state index in [9.17, 15) is 0 Å². The van der Waals surface area contributed by atoms with Crippen molar-refractivity contribution in [2.75, 3.05) is 0 Å². The SMILES string of the molecule is c1cc2c3c(c1)-c1ncc[n+]4c1B3c1c(ccc3c1[N+]41c4c(ccc5c4B4c6c(cccc6-c6ncc[n+]1c64)O5)O3)O2. The first-order valence-corrected chi connectivity index (χ1v) is 14.2. The topological polar surface area (TPSA) is 61.2 Å². The summed E-state index contributed by atoms with van der Waals surface area (Å²) in [6.07, 6.45) is 8.12. The fraction of sp³-hybridized carbons (Fsp3) is 0. The van der Waals surface area contributed by atoms with Gasteiger partial charge < -0.3 is 14.2 Å². The Morgan fingerprint density at radius 2 is 0.976 bits per heavy atom. The number of benzene rings is 4. The lowest BCUT2D eigenvalue weighted by Crippen LogP contribution is -2.98. The third kappa shape index (κ3) is 1.67. The van der Waals surface area contributed by atoms with Gasteiger partial charge in [-0.3, -0.25) is 0 Å². The first kappa shape index (κ1) is 19.6. The predicted molar refractivity (Wildman–Crippen MR) is 154 cm³/mol. The van der Waals surface area contributed by atoms with E-state index < -0.39 is 0 Å². The highest BCUT2D eigenvalue weighted by molar-refractivity contribution is 7.01. The summed E-state index contributed by atoms with van der Waals surface area (Å²) in [5.74, 6) is 5.14. The molecule has 2 aromatic heterocycles. The number of nitrogens with zero attached hydrogens (tertiary/aromatic N) is 5. The molecule has 0 unspecified atom stereocenters. The molecule has 0 saturated carbocycles. The molecule has 42 heavy (non-hydrogen) atoms. The number of hydrogen-bond donors (Lipinski definition) is 0. The fourth-order valence-corrected chi connectivity index (χ4v) is 9.10. The van der Waals surface area contributed by atoms with Crippen LogP contribution in [0.5, 0.6) is 34.5 Å². The van der Waals surface area contributed by atoms with E-state index in [1.165, 1.54) is 10.9 Å². The van der Waals surface area contributed by atoms with Crippen molar-refractivity contribution < 1.29 is 23.6 Å². The van der Waals surface area contributed by atoms with Crippen molar-refractivity contribution in [3.63, 3.8) is 0 Å². The van der Waals surface area contributed by atoms with Crippen LogP contribution in [-0.2, 0) is 0 Å². The van der Waals surface area contributed by atoms with Crippen LogP contribution in [0.2, 0.25) is 0 Å². The Kier molecular flexibility index (Phi) is 2.70. The van der Waals surface area contributed by atoms with Gasteiger partial charge in [-0.15, -0.1) is 0 Å². The Morgan fingerprint density at radius 1 is 0.524 bits per heavy atom. The summed E-state index contributed by atoms with van der Waals surface area (Å²) in [5, 5.41) is 0. The van der Waals surface area contributed by atoms with Crippen LogP contribution in [0.1, 0.15) is 0 Å². The molecular formula is C32H14B2N5O3+3. The van der Waals surface area contributed by atoms with Crippen molar-refractivity contribution >= 4 is 57.8 Å². The highest BCUT2D eigenvalue weighted by Crippen LogP contribution is 2.54. The van der Waals surface area contributed by atoms with Gasteiger partial charge in [-0.1, -0.05) is 24.3 Å². The standard InChI is InChI=1S/C32H14B2N5O3/c1-3-15-23-17(5-1)40-19-7-9-21-29-25(19)33(23)31-27(15)35-11-13-37(31)39(29)30-22(42-21)10-8-20-26(30)34-24-16(4-2-6-18(24)41-20)28-32(34)38(39)14-12-36-28/h1-14H/q+3. The minimum absolute atomic E-state index is 0.0136. The summed E-state index contributed by atoms with van der Waals surface area (Å²) < 4.78 is 25.3. The van der Waals surface area contributed by atoms with Gasteiger partial charge in [0.2, 0.25) is 22.7 Å². The first-order valence-electron chi connectivity index (χ1n) is 14.2. The molecule has 188 valence electrons. The lowest BCUT2D eigenvalue weighted by molar-refractivity contribution is -1.03. The van der Waals surface area contributed by atoms with E-state index >= 15 is 0 Å². The lowest BCUT2D eigenvalue weighted by atomic mass is 9.37. The van der Waals surface area contributed by atoms with Crippen LogP contribution >= 0.6 is 0 Å². The second-order valence-corrected chi connectivity index (χ2v) is 11.9. The summed E-state index contributed by atoms with van der Waals surface area (Å²) in [7, 11) is 0. The summed E-state index contributed by atoms with van der Waals surface area (Å²) in [4.78, 5) is 10.00. The van der Waals surface area contributed by atoms with E-state index in [1.54, 1.807) is 0 Å². The van der Waals surface area contributed by atoms with E-state index in [4.69, 9.17) is 24.2 Å². The molecule has 0 N–H and O–H groups in total. The van der Waals surface area contributed by atoms with Gasteiger partial charge in [0.25, 0.3) is 12.4 Å². The summed E-state index contributed by atoms with van der Waals surface area (Å²) in [6, 6.07) is 20.9. The zero-order valence-corrected chi connectivity index (χ0v) is 21.7. The molecule has 1 spiro atoms. The number of fused-ring (bicyclic) bond motifs is 2. The van der Waals surface area contributed by atoms with E-state index in [2.05, 4.69) is 82.4 Å². The Hall–Kier alpha value is -5.47. The minimum atomic E-state index is -0.0136. The lowest BCUT2D eigenvalue weighted by Gasteiger charge is -2.40. The van der Waals surface area contributed by atoms with Crippen LogP contribution in [0.3, 0.4) is 0 Å². The van der Waals surface area contributed by atoms with Gasteiger partial charge in [0.1, 0.15) is 34.4 Å². The molecule has 10 heteroatoms. The van der Waals surface area contributed by atoms with Gasteiger partial charge >= 0.3 is 24.8 Å². The molecule has 13 rings (SSSR count). The molecule has 4 aromatic carbocycles. The molecule has 8 nitrogen and oxygen atoms in total. The van der Waals surface area contributed by atoms with Gasteiger partial charge in [-0.2, -0.15) is 0 Å². The molecule has 7 aliphatic heterocycles. The predicted octanol–water partition coefficient (Wildman–Crippen LogP) is 0.554. The van der Waals surface area contributed by atoms with Crippen LogP contribution < -0.4 is 61.3 Å². The summed E-state index contributed by atoms with van der Waals surface area (Å²) in [6.45, 7) is -0.0272. The van der Waals surface area contributed by atoms with Gasteiger partial charge in [-0.05, 0) is 47.3 Å². The van der Waals surface area contributed by atoms with E-state index in [1.807, 2.05) is 12.4 Å². The molecule has 0 amide bonds. The van der Waals surface area contributed by atoms with Gasteiger partial charge in [0.05, 0.1) is 23.3 Å². The molecule has 0 fully saturated rings. The normalized spacial score (nSPS) is 16.8. The number of hydrogen-bond acceptors (Lipinski definition) is 5. The van der Waals surface area contributed by atoms with Crippen LogP contribution in [0.15, 0.2) is 85.5 Å². The molecule has 0 aliphatic carbocycles. The van der Waals surface area contributed by atoms with E-state index in [-0.39, 0.29) is 18.1 Å². The van der Waals surface area contributed by atoms with Gasteiger partial charge in [-0.25, -0.2) is 9.97 Å². The molecule has 0 radical (unpaired) electrons. The Labute approximate surface area is 238 Å². The van der Waals surface area contributed by atoms with Crippen molar-refractivity contribution in [3.05, 3.63) is 85.5 Å². The molecule has 6 aromatic rings. The second kappa shape index (κ2) is 5.79. The number of aromatic nitrogens is 4. The van der Waals surface area contributed by atoms with Crippen LogP contribution in [0, 0.1) is 0 Å². The number of quaternary nitrogens is 1. The van der Waals surface area contributed by atoms with Crippen molar-refractivity contribution in [2.24, 2.45) is 0 Å². The maximum absolute atomic E-state index is 6.86. The zero-order chi connectivity index (χ0) is 26.6. The van der Waals surface area contributed by atoms with Crippen LogP contribution in [0.25, 0.3) is 22.5 Å². The van der Waals surface area contributed by atoms with Gasteiger partial charge in [0, 0.05) is 20.5 Å². The fourth-order valence-electron chi connectivity index (χ4n) is 9.10. The van der Waals surface area contributed by atoms with Crippen molar-refractivity contribution in [1.29, 1.82) is 0 Å². The van der Waals surface area contributed by atoms with E-state index in [0.29, 0.717) is 0 Å². The van der Waals surface area contributed by atoms with Crippen LogP contribution in [-0.4, -0.2) is 23.4 Å². The third-order valence-electron chi connectivity index (χ3n) is 10.3. The van der Waals surface area contributed by atoms with Crippen molar-refractivity contribution in [2.45, 2.75) is 0 Å². The van der Waals surface area contributed by atoms with Gasteiger partial charge in [0.15, 0.2) is 4.70 Å². The maximum Gasteiger partial charge on any atom is 0.353 e. The Morgan fingerprint density at radius 3 is 1.50 bits per heavy atom. The van der Waals surface area contributed by atoms with E-state index in [0.717, 1.165) is 90.5 Å².